The second kappa shape index (κ2) is 10.8. The van der Waals surface area contributed by atoms with Crippen LogP contribution in [0.5, 0.6) is 5.75 Å². The Labute approximate surface area is 251 Å². The highest BCUT2D eigenvalue weighted by Gasteiger charge is 2.20. The van der Waals surface area contributed by atoms with Crippen LogP contribution in [0.2, 0.25) is 0 Å². The number of nitrogens with zero attached hydrogens (tertiary/aromatic N) is 7. The number of rotatable bonds is 6. The Morgan fingerprint density at radius 3 is 2.50 bits per heavy atom. The number of carbonyl (C=O) groups is 1. The summed E-state index contributed by atoms with van der Waals surface area (Å²) < 4.78 is 3.63. The molecule has 0 aliphatic rings. The average molecular weight is 577 g/mol. The Bertz CT molecular complexity index is 2290. The lowest BCUT2D eigenvalue weighted by molar-refractivity contribution is 0.102. The number of nitrogens with one attached hydrogen (secondary N) is 1. The zero-order valence-corrected chi connectivity index (χ0v) is 23.5. The number of hydrogen-bond acceptors (Lipinski definition) is 7. The molecule has 2 N–H and O–H groups in total. The van der Waals surface area contributed by atoms with Gasteiger partial charge in [0.1, 0.15) is 17.3 Å². The summed E-state index contributed by atoms with van der Waals surface area (Å²) in [4.78, 5) is 17.9. The molecule has 3 heterocycles. The third-order valence-corrected chi connectivity index (χ3v) is 7.56. The highest BCUT2D eigenvalue weighted by Crippen LogP contribution is 2.40. The average Bonchev–Trinajstić information content (AvgIpc) is 3.62. The van der Waals surface area contributed by atoms with E-state index in [0.29, 0.717) is 22.3 Å². The van der Waals surface area contributed by atoms with E-state index in [-0.39, 0.29) is 28.4 Å². The fourth-order valence-corrected chi connectivity index (χ4v) is 5.52. The Balaban J connectivity index is 1.29. The molecule has 4 aromatic carbocycles. The van der Waals surface area contributed by atoms with E-state index in [0.717, 1.165) is 28.4 Å². The van der Waals surface area contributed by atoms with E-state index in [9.17, 15) is 15.2 Å². The number of nitriles is 1. The molecule has 7 rings (SSSR count). The number of aromatic nitrogens is 4. The summed E-state index contributed by atoms with van der Waals surface area (Å²) in [6.45, 7) is 2.92. The first-order chi connectivity index (χ1) is 21.6. The predicted molar refractivity (Wildman–Crippen MR) is 169 cm³/mol. The highest BCUT2D eigenvalue weighted by atomic mass is 16.3. The van der Waals surface area contributed by atoms with Crippen molar-refractivity contribution < 1.29 is 9.90 Å². The van der Waals surface area contributed by atoms with E-state index in [1.807, 2.05) is 42.5 Å². The maximum atomic E-state index is 13.7. The van der Waals surface area contributed by atoms with Crippen molar-refractivity contribution in [1.29, 1.82) is 5.26 Å². The van der Waals surface area contributed by atoms with Gasteiger partial charge in [-0.1, -0.05) is 48.5 Å². The molecular formula is C34H24N8O2. The normalized spacial score (nSPS) is 11.5. The van der Waals surface area contributed by atoms with Gasteiger partial charge >= 0.3 is 0 Å². The Morgan fingerprint density at radius 1 is 0.932 bits per heavy atom. The lowest BCUT2D eigenvalue weighted by atomic mass is 10.0. The summed E-state index contributed by atoms with van der Waals surface area (Å²) in [6.07, 6.45) is 2.98. The summed E-state index contributed by atoms with van der Waals surface area (Å²) in [6, 6.07) is 30.2. The molecule has 7 aromatic rings. The number of fused-ring (bicyclic) bond motifs is 4. The number of carbonyl (C=O) groups excluding carboxylic acids is 1. The molecule has 0 atom stereocenters. The zero-order valence-electron chi connectivity index (χ0n) is 23.5. The van der Waals surface area contributed by atoms with Gasteiger partial charge in [0.05, 0.1) is 11.8 Å². The van der Waals surface area contributed by atoms with Crippen molar-refractivity contribution in [3.05, 3.63) is 115 Å². The van der Waals surface area contributed by atoms with Gasteiger partial charge in [-0.05, 0) is 54.8 Å². The van der Waals surface area contributed by atoms with Crippen molar-refractivity contribution in [2.45, 2.75) is 13.5 Å². The van der Waals surface area contributed by atoms with Crippen molar-refractivity contribution in [3.8, 4) is 17.6 Å². The first-order valence-corrected chi connectivity index (χ1v) is 14.0. The third-order valence-electron chi connectivity index (χ3n) is 7.56. The Morgan fingerprint density at radius 2 is 1.70 bits per heavy atom. The number of para-hydroxylation sites is 1. The van der Waals surface area contributed by atoms with Crippen molar-refractivity contribution >= 4 is 55.7 Å². The minimum atomic E-state index is -0.500. The molecule has 0 bridgehead atoms. The van der Waals surface area contributed by atoms with Gasteiger partial charge in [0.15, 0.2) is 17.4 Å². The van der Waals surface area contributed by atoms with Crippen LogP contribution in [0.15, 0.2) is 114 Å². The molecular weight excluding hydrogens is 552 g/mol. The van der Waals surface area contributed by atoms with Gasteiger partial charge in [-0.15, -0.1) is 10.2 Å². The van der Waals surface area contributed by atoms with Crippen LogP contribution in [0, 0.1) is 11.3 Å². The van der Waals surface area contributed by atoms with Crippen LogP contribution in [0.25, 0.3) is 38.4 Å². The van der Waals surface area contributed by atoms with Crippen LogP contribution < -0.4 is 5.32 Å². The van der Waals surface area contributed by atoms with Crippen LogP contribution >= 0.6 is 0 Å². The zero-order chi connectivity index (χ0) is 30.2. The van der Waals surface area contributed by atoms with Gasteiger partial charge < -0.3 is 15.0 Å². The van der Waals surface area contributed by atoms with Crippen LogP contribution in [0.3, 0.4) is 0 Å². The molecule has 212 valence electrons. The minimum absolute atomic E-state index is 0.0347. The number of pyridine rings is 1. The van der Waals surface area contributed by atoms with Gasteiger partial charge in [0.2, 0.25) is 0 Å². The lowest BCUT2D eigenvalue weighted by Gasteiger charge is -2.12. The standard InChI is InChI=1S/C34H24N8O2/c1-2-41-28-12-6-5-11-25(28)26-18-23(14-15-29(26)41)38-34(44)27-17-21-9-3-4-10-24(21)31(32(27)43)39-40-33-22(19-35)20-37-42(33)30-13-7-8-16-36-30/h3-18,20,43H,2H2,1H3,(H,38,44)/b40-39+. The van der Waals surface area contributed by atoms with Crippen LogP contribution in [-0.2, 0) is 6.54 Å². The van der Waals surface area contributed by atoms with E-state index in [4.69, 9.17) is 0 Å². The fraction of sp³-hybridized carbons (Fsp3) is 0.0588. The number of anilines is 1. The van der Waals surface area contributed by atoms with Gasteiger partial charge in [0.25, 0.3) is 5.91 Å². The van der Waals surface area contributed by atoms with E-state index >= 15 is 0 Å². The molecule has 10 heteroatoms. The van der Waals surface area contributed by atoms with E-state index < -0.39 is 5.91 Å². The number of aromatic hydroxyl groups is 1. The molecule has 0 spiro atoms. The predicted octanol–water partition coefficient (Wildman–Crippen LogP) is 7.79. The van der Waals surface area contributed by atoms with Crippen molar-refractivity contribution in [3.63, 3.8) is 0 Å². The molecule has 1 amide bonds. The minimum Gasteiger partial charge on any atom is -0.505 e. The second-order valence-corrected chi connectivity index (χ2v) is 10.1. The molecule has 0 fully saturated rings. The van der Waals surface area contributed by atoms with Gasteiger partial charge in [0, 0.05) is 45.6 Å². The summed E-state index contributed by atoms with van der Waals surface area (Å²) >= 11 is 0. The van der Waals surface area contributed by atoms with E-state index in [1.54, 1.807) is 42.6 Å². The largest absolute Gasteiger partial charge is 0.505 e. The molecule has 0 unspecified atom stereocenters. The van der Waals surface area contributed by atoms with E-state index in [1.165, 1.54) is 10.9 Å². The Hall–Kier alpha value is -6.34. The molecule has 10 nitrogen and oxygen atoms in total. The molecule has 0 aliphatic heterocycles. The summed E-state index contributed by atoms with van der Waals surface area (Å²) in [5.74, 6) is -0.246. The first kappa shape index (κ1) is 26.6. The summed E-state index contributed by atoms with van der Waals surface area (Å²) in [5, 5.41) is 40.3. The summed E-state index contributed by atoms with van der Waals surface area (Å²) in [7, 11) is 0. The first-order valence-electron chi connectivity index (χ1n) is 14.0. The molecule has 44 heavy (non-hydrogen) atoms. The summed E-state index contributed by atoms with van der Waals surface area (Å²) in [5.41, 5.74) is 3.09. The van der Waals surface area contributed by atoms with Gasteiger partial charge in [-0.25, -0.2) is 4.98 Å². The van der Waals surface area contributed by atoms with Crippen LogP contribution in [0.4, 0.5) is 17.2 Å². The lowest BCUT2D eigenvalue weighted by Crippen LogP contribution is -2.12. The maximum absolute atomic E-state index is 13.7. The number of aryl methyl sites for hydroxylation is 1. The number of azo groups is 1. The smallest absolute Gasteiger partial charge is 0.259 e. The molecule has 0 aliphatic carbocycles. The fourth-order valence-electron chi connectivity index (χ4n) is 5.52. The van der Waals surface area contributed by atoms with Crippen molar-refractivity contribution in [2.24, 2.45) is 10.2 Å². The molecule has 0 radical (unpaired) electrons. The van der Waals surface area contributed by atoms with Crippen LogP contribution in [-0.4, -0.2) is 30.3 Å². The quantitative estimate of drug-likeness (QED) is 0.195. The second-order valence-electron chi connectivity index (χ2n) is 10.1. The molecule has 0 saturated heterocycles. The van der Waals surface area contributed by atoms with Gasteiger partial charge in [-0.2, -0.15) is 15.0 Å². The monoisotopic (exact) mass is 576 g/mol. The van der Waals surface area contributed by atoms with E-state index in [2.05, 4.69) is 55.3 Å². The van der Waals surface area contributed by atoms with Crippen LogP contribution in [0.1, 0.15) is 22.8 Å². The topological polar surface area (TPSA) is 133 Å². The number of amides is 1. The Kier molecular flexibility index (Phi) is 6.53. The van der Waals surface area contributed by atoms with Gasteiger partial charge in [-0.3, -0.25) is 4.79 Å². The highest BCUT2D eigenvalue weighted by molar-refractivity contribution is 6.14. The van der Waals surface area contributed by atoms with Crippen molar-refractivity contribution in [2.75, 3.05) is 5.32 Å². The number of phenolic OH excluding ortho intramolecular Hbond substituents is 1. The SMILES string of the molecule is CCn1c2ccccc2c2cc(NC(=O)c3cc4ccccc4c(/N=N/c4c(C#N)cnn4-c4ccccn4)c3O)ccc21. The number of benzene rings is 4. The van der Waals surface area contributed by atoms with Crippen molar-refractivity contribution in [1.82, 2.24) is 19.3 Å². The third kappa shape index (κ3) is 4.40. The maximum Gasteiger partial charge on any atom is 0.259 e. The number of hydrogen-bond donors (Lipinski definition) is 2. The molecule has 0 saturated carbocycles. The molecule has 3 aromatic heterocycles. The number of phenols is 1.